The summed E-state index contributed by atoms with van der Waals surface area (Å²) >= 11 is 0. The molecule has 110 valence electrons. The minimum Gasteiger partial charge on any atom is -0.495 e. The van der Waals surface area contributed by atoms with E-state index in [1.54, 1.807) is 7.11 Å². The van der Waals surface area contributed by atoms with E-state index < -0.39 is 11.9 Å². The second-order valence-electron chi connectivity index (χ2n) is 4.73. The van der Waals surface area contributed by atoms with Gasteiger partial charge in [-0.3, -0.25) is 4.79 Å². The Morgan fingerprint density at radius 2 is 1.86 bits per heavy atom. The highest BCUT2D eigenvalue weighted by Crippen LogP contribution is 2.29. The SMILES string of the molecule is CCc1ccccc1C(Nc1ccccc1OC)C(N)=O. The van der Waals surface area contributed by atoms with E-state index in [-0.39, 0.29) is 0 Å². The van der Waals surface area contributed by atoms with Crippen molar-refractivity contribution in [3.63, 3.8) is 0 Å². The molecule has 0 aliphatic rings. The highest BCUT2D eigenvalue weighted by atomic mass is 16.5. The van der Waals surface area contributed by atoms with Gasteiger partial charge in [-0.2, -0.15) is 0 Å². The lowest BCUT2D eigenvalue weighted by Gasteiger charge is -2.21. The van der Waals surface area contributed by atoms with E-state index in [4.69, 9.17) is 10.5 Å². The van der Waals surface area contributed by atoms with Crippen molar-refractivity contribution in [2.24, 2.45) is 5.73 Å². The molecule has 1 amide bonds. The number of nitrogens with one attached hydrogen (secondary N) is 1. The lowest BCUT2D eigenvalue weighted by Crippen LogP contribution is -2.28. The van der Waals surface area contributed by atoms with Crippen LogP contribution < -0.4 is 15.8 Å². The van der Waals surface area contributed by atoms with Crippen molar-refractivity contribution in [3.8, 4) is 5.75 Å². The second-order valence-corrected chi connectivity index (χ2v) is 4.73. The Labute approximate surface area is 124 Å². The summed E-state index contributed by atoms with van der Waals surface area (Å²) in [5.74, 6) is 0.263. The van der Waals surface area contributed by atoms with Gasteiger partial charge >= 0.3 is 0 Å². The van der Waals surface area contributed by atoms with E-state index >= 15 is 0 Å². The normalized spacial score (nSPS) is 11.7. The lowest BCUT2D eigenvalue weighted by atomic mass is 9.98. The molecule has 2 rings (SSSR count). The molecular formula is C17H20N2O2. The number of methoxy groups -OCH3 is 1. The third kappa shape index (κ3) is 3.34. The summed E-state index contributed by atoms with van der Waals surface area (Å²) in [6.07, 6.45) is 0.841. The van der Waals surface area contributed by atoms with E-state index in [0.717, 1.165) is 23.2 Å². The summed E-state index contributed by atoms with van der Waals surface area (Å²) in [4.78, 5) is 11.9. The van der Waals surface area contributed by atoms with Crippen molar-refractivity contribution in [2.45, 2.75) is 19.4 Å². The zero-order valence-corrected chi connectivity index (χ0v) is 12.3. The quantitative estimate of drug-likeness (QED) is 0.857. The van der Waals surface area contributed by atoms with Crippen LogP contribution in [0, 0.1) is 0 Å². The van der Waals surface area contributed by atoms with Gasteiger partial charge in [-0.25, -0.2) is 0 Å². The van der Waals surface area contributed by atoms with Crippen LogP contribution in [0.3, 0.4) is 0 Å². The fourth-order valence-corrected chi connectivity index (χ4v) is 2.36. The van der Waals surface area contributed by atoms with Crippen molar-refractivity contribution in [1.82, 2.24) is 0 Å². The number of benzene rings is 2. The molecule has 0 heterocycles. The molecule has 0 aliphatic heterocycles. The lowest BCUT2D eigenvalue weighted by molar-refractivity contribution is -0.118. The number of ether oxygens (including phenoxy) is 1. The number of rotatable bonds is 6. The van der Waals surface area contributed by atoms with Crippen molar-refractivity contribution in [1.29, 1.82) is 0 Å². The molecule has 0 spiro atoms. The summed E-state index contributed by atoms with van der Waals surface area (Å²) in [6, 6.07) is 14.7. The van der Waals surface area contributed by atoms with Crippen LogP contribution in [0.2, 0.25) is 0 Å². The molecule has 0 aromatic heterocycles. The average Bonchev–Trinajstić information content (AvgIpc) is 2.52. The third-order valence-corrected chi connectivity index (χ3v) is 3.44. The highest BCUT2D eigenvalue weighted by Gasteiger charge is 2.21. The van der Waals surface area contributed by atoms with Gasteiger partial charge < -0.3 is 15.8 Å². The first-order valence-electron chi connectivity index (χ1n) is 6.94. The number of carbonyl (C=O) groups excluding carboxylic acids is 1. The predicted octanol–water partition coefficient (Wildman–Crippen LogP) is 2.90. The van der Waals surface area contributed by atoms with E-state index in [1.165, 1.54) is 0 Å². The largest absolute Gasteiger partial charge is 0.495 e. The Morgan fingerprint density at radius 3 is 2.52 bits per heavy atom. The van der Waals surface area contributed by atoms with Crippen LogP contribution in [0.25, 0.3) is 0 Å². The predicted molar refractivity (Wildman–Crippen MR) is 84.4 cm³/mol. The molecule has 21 heavy (non-hydrogen) atoms. The number of anilines is 1. The Bertz CT molecular complexity index is 626. The van der Waals surface area contributed by atoms with E-state index in [1.807, 2.05) is 48.5 Å². The average molecular weight is 284 g/mol. The first-order valence-corrected chi connectivity index (χ1v) is 6.94. The van der Waals surface area contributed by atoms with E-state index in [9.17, 15) is 4.79 Å². The van der Waals surface area contributed by atoms with Crippen molar-refractivity contribution in [3.05, 3.63) is 59.7 Å². The van der Waals surface area contributed by atoms with Gasteiger partial charge in [-0.05, 0) is 29.7 Å². The maximum Gasteiger partial charge on any atom is 0.244 e. The smallest absolute Gasteiger partial charge is 0.244 e. The molecule has 0 saturated carbocycles. The molecule has 0 radical (unpaired) electrons. The maximum atomic E-state index is 11.9. The van der Waals surface area contributed by atoms with Gasteiger partial charge in [-0.15, -0.1) is 0 Å². The van der Waals surface area contributed by atoms with Crippen molar-refractivity contribution in [2.75, 3.05) is 12.4 Å². The van der Waals surface area contributed by atoms with Crippen molar-refractivity contribution >= 4 is 11.6 Å². The van der Waals surface area contributed by atoms with Crippen LogP contribution in [0.5, 0.6) is 5.75 Å². The number of nitrogens with two attached hydrogens (primary N) is 1. The fourth-order valence-electron chi connectivity index (χ4n) is 2.36. The van der Waals surface area contributed by atoms with Crippen LogP contribution in [-0.4, -0.2) is 13.0 Å². The van der Waals surface area contributed by atoms with Gasteiger partial charge in [-0.1, -0.05) is 43.3 Å². The van der Waals surface area contributed by atoms with Crippen LogP contribution in [0.1, 0.15) is 24.1 Å². The van der Waals surface area contributed by atoms with Crippen molar-refractivity contribution < 1.29 is 9.53 Å². The topological polar surface area (TPSA) is 64.3 Å². The van der Waals surface area contributed by atoms with Gasteiger partial charge in [0.2, 0.25) is 5.91 Å². The van der Waals surface area contributed by atoms with Crippen LogP contribution in [0.15, 0.2) is 48.5 Å². The minimum atomic E-state index is -0.586. The van der Waals surface area contributed by atoms with E-state index in [2.05, 4.69) is 12.2 Å². The van der Waals surface area contributed by atoms with E-state index in [0.29, 0.717) is 5.75 Å². The molecule has 1 unspecified atom stereocenters. The zero-order valence-electron chi connectivity index (χ0n) is 12.3. The molecule has 2 aromatic carbocycles. The summed E-state index contributed by atoms with van der Waals surface area (Å²) in [7, 11) is 1.60. The second kappa shape index (κ2) is 6.79. The number of carbonyl (C=O) groups is 1. The van der Waals surface area contributed by atoms with Gasteiger partial charge in [0.25, 0.3) is 0 Å². The van der Waals surface area contributed by atoms with Crippen LogP contribution in [-0.2, 0) is 11.2 Å². The monoisotopic (exact) mass is 284 g/mol. The Hall–Kier alpha value is -2.49. The number of amides is 1. The fraction of sp³-hybridized carbons (Fsp3) is 0.235. The molecular weight excluding hydrogens is 264 g/mol. The standard InChI is InChI=1S/C17H20N2O2/c1-3-12-8-4-5-9-13(12)16(17(18)20)19-14-10-6-7-11-15(14)21-2/h4-11,16,19H,3H2,1-2H3,(H2,18,20). The number of hydrogen-bond donors (Lipinski definition) is 2. The number of para-hydroxylation sites is 2. The van der Waals surface area contributed by atoms with Gasteiger partial charge in [0, 0.05) is 0 Å². The molecule has 0 bridgehead atoms. The van der Waals surface area contributed by atoms with Crippen LogP contribution in [0.4, 0.5) is 5.69 Å². The molecule has 4 heteroatoms. The Kier molecular flexibility index (Phi) is 4.82. The summed E-state index contributed by atoms with van der Waals surface area (Å²) < 4.78 is 5.30. The summed E-state index contributed by atoms with van der Waals surface area (Å²) in [6.45, 7) is 2.06. The number of hydrogen-bond acceptors (Lipinski definition) is 3. The molecule has 3 N–H and O–H groups in total. The first-order chi connectivity index (χ1) is 10.2. The molecule has 0 fully saturated rings. The molecule has 0 aliphatic carbocycles. The summed E-state index contributed by atoms with van der Waals surface area (Å²) in [5, 5.41) is 3.19. The number of primary amides is 1. The Balaban J connectivity index is 2.38. The number of aryl methyl sites for hydroxylation is 1. The highest BCUT2D eigenvalue weighted by molar-refractivity contribution is 5.85. The molecule has 2 aromatic rings. The minimum absolute atomic E-state index is 0.415. The van der Waals surface area contributed by atoms with Crippen LogP contribution >= 0.6 is 0 Å². The maximum absolute atomic E-state index is 11.9. The Morgan fingerprint density at radius 1 is 1.19 bits per heavy atom. The van der Waals surface area contributed by atoms with Gasteiger partial charge in [0.1, 0.15) is 11.8 Å². The zero-order chi connectivity index (χ0) is 15.2. The third-order valence-electron chi connectivity index (χ3n) is 3.44. The molecule has 0 saturated heterocycles. The van der Waals surface area contributed by atoms with Gasteiger partial charge in [0.15, 0.2) is 0 Å². The first kappa shape index (κ1) is 14.9. The molecule has 4 nitrogen and oxygen atoms in total. The molecule has 1 atom stereocenters. The van der Waals surface area contributed by atoms with Gasteiger partial charge in [0.05, 0.1) is 12.8 Å². The summed E-state index contributed by atoms with van der Waals surface area (Å²) in [5.41, 5.74) is 8.34.